The summed E-state index contributed by atoms with van der Waals surface area (Å²) >= 11 is 0. The topological polar surface area (TPSA) is 189 Å². The van der Waals surface area contributed by atoms with Gasteiger partial charge in [-0.1, -0.05) is 125 Å². The molecule has 0 aromatic carbocycles. The van der Waals surface area contributed by atoms with Crippen LogP contribution in [0.25, 0.3) is 0 Å². The third-order valence-corrected chi connectivity index (χ3v) is 15.6. The lowest BCUT2D eigenvalue weighted by atomic mass is 9.70. The smallest absolute Gasteiger partial charge is 0.306 e. The molecule has 0 aromatic heterocycles. The number of amides is 2. The van der Waals surface area contributed by atoms with E-state index >= 15 is 0 Å². The van der Waals surface area contributed by atoms with Crippen LogP contribution in [0, 0.1) is 5.41 Å². The van der Waals surface area contributed by atoms with Gasteiger partial charge in [-0.2, -0.15) is 0 Å². The second-order valence-electron chi connectivity index (χ2n) is 20.0. The molecule has 0 N–H and O–H groups in total. The maximum absolute atomic E-state index is 13.5. The zero-order valence-corrected chi connectivity index (χ0v) is 49.0. The zero-order chi connectivity index (χ0) is 55.3. The molecular weight excluding hydrogens is 1010 g/mol. The molecule has 0 unspecified atom stereocenters. The molecule has 76 heavy (non-hydrogen) atoms. The summed E-state index contributed by atoms with van der Waals surface area (Å²) in [6, 6.07) is 0. The Bertz CT molecular complexity index is 1720. The number of esters is 2. The van der Waals surface area contributed by atoms with Crippen LogP contribution in [-0.2, 0) is 71.4 Å². The molecule has 2 rings (SSSR count). The molecule has 2 amide bonds. The van der Waals surface area contributed by atoms with E-state index in [1.54, 1.807) is 34.8 Å². The molecule has 18 heteroatoms. The maximum atomic E-state index is 13.5. The van der Waals surface area contributed by atoms with Crippen molar-refractivity contribution in [3.8, 4) is 0 Å². The Labute approximate surface area is 464 Å². The van der Waals surface area contributed by atoms with E-state index < -0.39 is 29.2 Å². The number of carbonyl (C=O) groups is 6. The molecule has 0 bridgehead atoms. The molecule has 0 fully saturated rings. The van der Waals surface area contributed by atoms with Gasteiger partial charge in [0.25, 0.3) is 11.8 Å². The van der Waals surface area contributed by atoms with Crippen LogP contribution in [0.4, 0.5) is 0 Å². The summed E-state index contributed by atoms with van der Waals surface area (Å²) in [5.41, 5.74) is -0.0503. The molecule has 0 spiro atoms. The number of Topliss-reactive ketones (excluding diaryl/α,β-unsaturated/α-hetero) is 2. The van der Waals surface area contributed by atoms with Crippen LogP contribution in [0.5, 0.6) is 0 Å². The standard InChI is InChI=1S/C58H97NO15S2/c1-48-50(56(64)49(2)55(57(48)65)58(3,4)47-54(63)73-32-24-29-59-51(60)26-27-52(59)61)25-28-53(62)74-44-43-72-42-41-71-38-36-68-31-21-17-13-9-7-11-15-19-23-46-76-75-45-22-18-14-10-6-8-12-16-20-30-67-35-37-70-40-39-69-34-33-66-5/h26-27H,6-25,28-47H2,1-5H3. The largest absolute Gasteiger partial charge is 0.466 e. The van der Waals surface area contributed by atoms with Gasteiger partial charge in [-0.15, -0.1) is 0 Å². The van der Waals surface area contributed by atoms with Gasteiger partial charge in [0.1, 0.15) is 6.61 Å². The van der Waals surface area contributed by atoms with Crippen molar-refractivity contribution in [2.24, 2.45) is 5.41 Å². The quantitative estimate of drug-likeness (QED) is 0.0184. The summed E-state index contributed by atoms with van der Waals surface area (Å²) in [5, 5.41) is 0. The minimum Gasteiger partial charge on any atom is -0.466 e. The highest BCUT2D eigenvalue weighted by atomic mass is 33.1. The fourth-order valence-electron chi connectivity index (χ4n) is 8.74. The van der Waals surface area contributed by atoms with E-state index in [1.165, 1.54) is 126 Å². The number of hydrogen-bond donors (Lipinski definition) is 0. The number of nitrogens with zero attached hydrogens (tertiary/aromatic N) is 1. The molecule has 2 aliphatic rings. The van der Waals surface area contributed by atoms with Gasteiger partial charge in [0.05, 0.1) is 85.7 Å². The van der Waals surface area contributed by atoms with Crippen molar-refractivity contribution >= 4 is 56.9 Å². The molecule has 0 aromatic rings. The third kappa shape index (κ3) is 33.5. The van der Waals surface area contributed by atoms with Gasteiger partial charge in [0, 0.05) is 84.7 Å². The van der Waals surface area contributed by atoms with Crippen molar-refractivity contribution in [2.45, 2.75) is 169 Å². The van der Waals surface area contributed by atoms with E-state index in [4.69, 9.17) is 42.6 Å². The first-order chi connectivity index (χ1) is 36.9. The van der Waals surface area contributed by atoms with Gasteiger partial charge >= 0.3 is 11.9 Å². The van der Waals surface area contributed by atoms with Gasteiger partial charge in [0.2, 0.25) is 0 Å². The van der Waals surface area contributed by atoms with Crippen LogP contribution in [0.1, 0.15) is 169 Å². The number of methoxy groups -OCH3 is 1. The molecule has 0 saturated carbocycles. The highest BCUT2D eigenvalue weighted by Crippen LogP contribution is 2.40. The minimum absolute atomic E-state index is 0.0113. The molecule has 0 saturated heterocycles. The van der Waals surface area contributed by atoms with Crippen molar-refractivity contribution < 1.29 is 71.4 Å². The normalized spacial score (nSPS) is 14.1. The number of ether oxygens (including phenoxy) is 9. The van der Waals surface area contributed by atoms with Crippen LogP contribution >= 0.6 is 21.6 Å². The Hall–Kier alpha value is -2.94. The second kappa shape index (κ2) is 45.9. The van der Waals surface area contributed by atoms with E-state index in [1.807, 2.05) is 0 Å². The Balaban J connectivity index is 1.29. The molecule has 436 valence electrons. The molecular formula is C58H97NO15S2. The Morgan fingerprint density at radius 1 is 0.461 bits per heavy atom. The summed E-state index contributed by atoms with van der Waals surface area (Å²) in [4.78, 5) is 76.6. The molecule has 0 atom stereocenters. The summed E-state index contributed by atoms with van der Waals surface area (Å²) < 4.78 is 48.9. The number of carbonyl (C=O) groups excluding carboxylic acids is 6. The summed E-state index contributed by atoms with van der Waals surface area (Å²) in [6.07, 6.45) is 25.9. The Morgan fingerprint density at radius 2 is 0.855 bits per heavy atom. The van der Waals surface area contributed by atoms with Crippen LogP contribution < -0.4 is 0 Å². The Morgan fingerprint density at radius 3 is 1.32 bits per heavy atom. The average Bonchev–Trinajstić information content (AvgIpc) is 3.71. The van der Waals surface area contributed by atoms with E-state index in [0.717, 1.165) is 31.0 Å². The van der Waals surface area contributed by atoms with E-state index in [0.29, 0.717) is 66.1 Å². The average molecular weight is 1110 g/mol. The molecule has 16 nitrogen and oxygen atoms in total. The SMILES string of the molecule is COCCOCCOCCOCCCCCCCCCCCSSCCCCCCCCCCCOCCOCCOCCOC(=O)CCC1=C(C)C(=O)C(C(C)(C)CC(=O)OCCCN2C(=O)C=CC2=O)=C(C)C1=O. The fraction of sp³-hybridized carbons (Fsp3) is 0.793. The monoisotopic (exact) mass is 1110 g/mol. The summed E-state index contributed by atoms with van der Waals surface area (Å²) in [7, 11) is 5.80. The van der Waals surface area contributed by atoms with Gasteiger partial charge in [0.15, 0.2) is 11.6 Å². The predicted octanol–water partition coefficient (Wildman–Crippen LogP) is 10.5. The number of hydrogen-bond acceptors (Lipinski definition) is 17. The van der Waals surface area contributed by atoms with Crippen LogP contribution in [0.2, 0.25) is 0 Å². The second-order valence-corrected chi connectivity index (χ2v) is 22.7. The third-order valence-electron chi connectivity index (χ3n) is 13.1. The van der Waals surface area contributed by atoms with Crippen molar-refractivity contribution in [3.05, 3.63) is 34.4 Å². The molecule has 0 radical (unpaired) electrons. The molecule has 1 aliphatic heterocycles. The number of allylic oxidation sites excluding steroid dienone is 4. The molecule has 1 heterocycles. The van der Waals surface area contributed by atoms with Gasteiger partial charge < -0.3 is 42.6 Å². The number of imide groups is 1. The highest BCUT2D eigenvalue weighted by Gasteiger charge is 2.39. The van der Waals surface area contributed by atoms with Crippen molar-refractivity contribution in [1.29, 1.82) is 0 Å². The number of unbranched alkanes of at least 4 members (excludes halogenated alkanes) is 16. The number of rotatable bonds is 53. The zero-order valence-electron chi connectivity index (χ0n) is 47.3. The van der Waals surface area contributed by atoms with Crippen LogP contribution in [0.15, 0.2) is 34.4 Å². The number of ketones is 2. The van der Waals surface area contributed by atoms with Crippen molar-refractivity contribution in [3.63, 3.8) is 0 Å². The first-order valence-electron chi connectivity index (χ1n) is 28.5. The highest BCUT2D eigenvalue weighted by molar-refractivity contribution is 8.76. The van der Waals surface area contributed by atoms with Gasteiger partial charge in [-0.05, 0) is 52.4 Å². The minimum atomic E-state index is -1.01. The van der Waals surface area contributed by atoms with Gasteiger partial charge in [-0.3, -0.25) is 33.7 Å². The Kier molecular flexibility index (Phi) is 41.8. The maximum Gasteiger partial charge on any atom is 0.306 e. The lowest BCUT2D eigenvalue weighted by molar-refractivity contribution is -0.146. The first-order valence-corrected chi connectivity index (χ1v) is 30.9. The first kappa shape index (κ1) is 69.2. The van der Waals surface area contributed by atoms with Gasteiger partial charge in [-0.25, -0.2) is 0 Å². The summed E-state index contributed by atoms with van der Waals surface area (Å²) in [5.74, 6) is -0.0201. The predicted molar refractivity (Wildman–Crippen MR) is 300 cm³/mol. The lowest BCUT2D eigenvalue weighted by Gasteiger charge is -2.31. The van der Waals surface area contributed by atoms with Crippen LogP contribution in [-0.4, -0.2) is 164 Å². The van der Waals surface area contributed by atoms with E-state index in [2.05, 4.69) is 21.6 Å². The fourth-order valence-corrected chi connectivity index (χ4v) is 11.0. The lowest BCUT2D eigenvalue weighted by Crippen LogP contribution is -2.33. The van der Waals surface area contributed by atoms with E-state index in [9.17, 15) is 28.8 Å². The van der Waals surface area contributed by atoms with Crippen molar-refractivity contribution in [2.75, 3.05) is 124 Å². The van der Waals surface area contributed by atoms with Crippen molar-refractivity contribution in [1.82, 2.24) is 4.90 Å². The molecule has 1 aliphatic carbocycles. The van der Waals surface area contributed by atoms with Crippen LogP contribution in [0.3, 0.4) is 0 Å². The summed E-state index contributed by atoms with van der Waals surface area (Å²) in [6.45, 7) is 14.0. The van der Waals surface area contributed by atoms with E-state index in [-0.39, 0.29) is 85.9 Å².